The fraction of sp³-hybridized carbons (Fsp3) is 0.250. The molecule has 0 saturated heterocycles. The molecular weight excluding hydrogens is 577 g/mol. The zero-order chi connectivity index (χ0) is 31.5. The van der Waals surface area contributed by atoms with Crippen molar-refractivity contribution in [3.05, 3.63) is 73.0 Å². The second-order valence-electron chi connectivity index (χ2n) is 9.27. The topological polar surface area (TPSA) is 275 Å². The molecule has 2 aromatic heterocycles. The summed E-state index contributed by atoms with van der Waals surface area (Å²) in [6, 6.07) is 4.89. The third-order valence-corrected chi connectivity index (χ3v) is 6.56. The number of fused-ring (bicyclic) bond motifs is 1. The van der Waals surface area contributed by atoms with E-state index in [0.717, 1.165) is 0 Å². The number of nitrogens with two attached hydrogens (primary N) is 1. The van der Waals surface area contributed by atoms with E-state index in [-0.39, 0.29) is 46.9 Å². The molecule has 0 fully saturated rings. The Kier molecular flexibility index (Phi) is 8.25. The molecule has 1 aliphatic rings. The van der Waals surface area contributed by atoms with Gasteiger partial charge in [-0.3, -0.25) is 38.5 Å². The summed E-state index contributed by atoms with van der Waals surface area (Å²) in [5.74, 6) is -5.95. The first-order valence-corrected chi connectivity index (χ1v) is 12.4. The number of benzene rings is 1. The molecule has 2 atom stereocenters. The number of aromatic amines is 2. The molecule has 0 spiro atoms. The molecule has 0 radical (unpaired) electrons. The standard InChI is InChI=1S/C24H24FN9O9/c25-14-9-34(23(43)31-19(14)39)24(21(41)42,6-5-15(36)37)32-18(38)11-1-3-12(4-2-11)27-7-13-8-28-17-16(33(13)10-35)20(40)30-22(26)29-17/h1-4,9-10,13,27H,5-8H2,(H,32,38)(H,36,37)(H,41,42)(H,31,39,43)(H4,26,28,29,30,40). The van der Waals surface area contributed by atoms with Crippen LogP contribution in [0.25, 0.3) is 0 Å². The molecule has 0 saturated carbocycles. The number of aliphatic carboxylic acids is 2. The van der Waals surface area contributed by atoms with E-state index in [1.54, 1.807) is 4.98 Å². The number of H-pyrrole nitrogens is 2. The van der Waals surface area contributed by atoms with Gasteiger partial charge in [0.25, 0.3) is 17.0 Å². The summed E-state index contributed by atoms with van der Waals surface area (Å²) in [5, 5.41) is 27.2. The van der Waals surface area contributed by atoms with Crippen LogP contribution in [0, 0.1) is 5.82 Å². The number of nitrogens with zero attached hydrogens (tertiary/aromatic N) is 3. The minimum atomic E-state index is -2.78. The second kappa shape index (κ2) is 11.8. The van der Waals surface area contributed by atoms with Crippen molar-refractivity contribution in [3.8, 4) is 0 Å². The van der Waals surface area contributed by atoms with E-state index in [4.69, 9.17) is 10.8 Å². The summed E-state index contributed by atoms with van der Waals surface area (Å²) < 4.78 is 14.2. The maximum absolute atomic E-state index is 14.0. The number of hydrogen-bond acceptors (Lipinski definition) is 11. The Hall–Kier alpha value is -6.01. The average molecular weight is 602 g/mol. The zero-order valence-corrected chi connectivity index (χ0v) is 21.9. The van der Waals surface area contributed by atoms with Gasteiger partial charge in [-0.2, -0.15) is 9.37 Å². The number of anilines is 4. The number of carboxylic acids is 2. The Morgan fingerprint density at radius 2 is 1.84 bits per heavy atom. The molecule has 0 bridgehead atoms. The molecule has 1 aliphatic heterocycles. The predicted octanol–water partition coefficient (Wildman–Crippen LogP) is -1.76. The Bertz CT molecular complexity index is 1770. The van der Waals surface area contributed by atoms with Gasteiger partial charge in [0.2, 0.25) is 23.8 Å². The highest BCUT2D eigenvalue weighted by Crippen LogP contribution is 2.25. The summed E-state index contributed by atoms with van der Waals surface area (Å²) in [7, 11) is 0. The average Bonchev–Trinajstić information content (AvgIpc) is 2.95. The van der Waals surface area contributed by atoms with Gasteiger partial charge in [-0.1, -0.05) is 0 Å². The van der Waals surface area contributed by atoms with E-state index in [1.165, 1.54) is 29.2 Å². The minimum absolute atomic E-state index is 0.0134. The van der Waals surface area contributed by atoms with Gasteiger partial charge in [-0.25, -0.2) is 9.59 Å². The van der Waals surface area contributed by atoms with Gasteiger partial charge in [0.1, 0.15) is 0 Å². The first kappa shape index (κ1) is 30.0. The van der Waals surface area contributed by atoms with Crippen molar-refractivity contribution in [2.24, 2.45) is 0 Å². The molecule has 9 N–H and O–H groups in total. The van der Waals surface area contributed by atoms with Gasteiger partial charge >= 0.3 is 17.6 Å². The van der Waals surface area contributed by atoms with Crippen molar-refractivity contribution in [2.45, 2.75) is 24.5 Å². The Morgan fingerprint density at radius 1 is 1.14 bits per heavy atom. The molecule has 0 aliphatic carbocycles. The normalized spacial score (nSPS) is 15.4. The van der Waals surface area contributed by atoms with Crippen molar-refractivity contribution in [1.29, 1.82) is 0 Å². The first-order chi connectivity index (χ1) is 20.4. The summed E-state index contributed by atoms with van der Waals surface area (Å²) in [4.78, 5) is 93.7. The fourth-order valence-electron chi connectivity index (χ4n) is 4.41. The quantitative estimate of drug-likeness (QED) is 0.113. The van der Waals surface area contributed by atoms with E-state index in [2.05, 4.69) is 25.9 Å². The first-order valence-electron chi connectivity index (χ1n) is 12.4. The molecule has 2 amide bonds. The molecule has 4 rings (SSSR count). The number of amides is 2. The molecule has 18 nitrogen and oxygen atoms in total. The summed E-state index contributed by atoms with van der Waals surface area (Å²) >= 11 is 0. The van der Waals surface area contributed by atoms with Crippen LogP contribution < -0.4 is 43.4 Å². The van der Waals surface area contributed by atoms with E-state index >= 15 is 0 Å². The van der Waals surface area contributed by atoms with Crippen molar-refractivity contribution < 1.29 is 33.8 Å². The van der Waals surface area contributed by atoms with Gasteiger partial charge in [0, 0.05) is 37.2 Å². The van der Waals surface area contributed by atoms with Crippen LogP contribution in [0.4, 0.5) is 27.5 Å². The van der Waals surface area contributed by atoms with Gasteiger partial charge < -0.3 is 36.8 Å². The number of rotatable bonds is 11. The van der Waals surface area contributed by atoms with Crippen LogP contribution in [0.1, 0.15) is 23.2 Å². The zero-order valence-electron chi connectivity index (χ0n) is 21.9. The number of hydrogen-bond donors (Lipinski definition) is 8. The molecule has 43 heavy (non-hydrogen) atoms. The third-order valence-electron chi connectivity index (χ3n) is 6.56. The molecule has 2 unspecified atom stereocenters. The van der Waals surface area contributed by atoms with Crippen molar-refractivity contribution in [1.82, 2.24) is 24.8 Å². The Labute approximate surface area is 238 Å². The summed E-state index contributed by atoms with van der Waals surface area (Å²) in [6.07, 6.45) is -0.989. The number of halogens is 1. The number of carboxylic acid groups (broad SMARTS) is 2. The maximum Gasteiger partial charge on any atom is 0.351 e. The van der Waals surface area contributed by atoms with Crippen LogP contribution in [0.15, 0.2) is 44.8 Å². The van der Waals surface area contributed by atoms with E-state index in [1.807, 2.05) is 0 Å². The smallest absolute Gasteiger partial charge is 0.351 e. The molecule has 3 heterocycles. The van der Waals surface area contributed by atoms with Gasteiger partial charge in [-0.15, -0.1) is 0 Å². The van der Waals surface area contributed by atoms with Crippen LogP contribution in [0.2, 0.25) is 0 Å². The van der Waals surface area contributed by atoms with Gasteiger partial charge in [0.05, 0.1) is 12.2 Å². The molecule has 1 aromatic carbocycles. The van der Waals surface area contributed by atoms with Crippen LogP contribution in [0.3, 0.4) is 0 Å². The Morgan fingerprint density at radius 3 is 2.47 bits per heavy atom. The van der Waals surface area contributed by atoms with Gasteiger partial charge in [-0.05, 0) is 24.3 Å². The lowest BCUT2D eigenvalue weighted by atomic mass is 10.0. The van der Waals surface area contributed by atoms with Gasteiger partial charge in [0.15, 0.2) is 11.5 Å². The largest absolute Gasteiger partial charge is 0.481 e. The van der Waals surface area contributed by atoms with Crippen molar-refractivity contribution in [3.63, 3.8) is 0 Å². The van der Waals surface area contributed by atoms with Crippen molar-refractivity contribution >= 4 is 47.4 Å². The number of nitrogens with one attached hydrogen (secondary N) is 5. The monoisotopic (exact) mass is 601 g/mol. The number of carbonyl (C=O) groups is 4. The maximum atomic E-state index is 14.0. The fourth-order valence-corrected chi connectivity index (χ4v) is 4.41. The lowest BCUT2D eigenvalue weighted by Crippen LogP contribution is -2.60. The number of carbonyl (C=O) groups excluding carboxylic acids is 2. The third kappa shape index (κ3) is 6.04. The lowest BCUT2D eigenvalue weighted by Gasteiger charge is -2.34. The van der Waals surface area contributed by atoms with E-state index in [9.17, 15) is 43.1 Å². The number of aromatic nitrogens is 4. The van der Waals surface area contributed by atoms with E-state index in [0.29, 0.717) is 12.1 Å². The van der Waals surface area contributed by atoms with Crippen LogP contribution in [0.5, 0.6) is 0 Å². The predicted molar refractivity (Wildman–Crippen MR) is 146 cm³/mol. The molecule has 19 heteroatoms. The highest BCUT2D eigenvalue weighted by Gasteiger charge is 2.44. The highest BCUT2D eigenvalue weighted by atomic mass is 19.1. The minimum Gasteiger partial charge on any atom is -0.481 e. The summed E-state index contributed by atoms with van der Waals surface area (Å²) in [5.41, 5.74) is -0.377. The molecule has 226 valence electrons. The molecular formula is C24H24FN9O9. The Balaban J connectivity index is 1.53. The second-order valence-corrected chi connectivity index (χ2v) is 9.27. The summed E-state index contributed by atoms with van der Waals surface area (Å²) in [6.45, 7) is 0.353. The van der Waals surface area contributed by atoms with E-state index < -0.39 is 65.0 Å². The van der Waals surface area contributed by atoms with Crippen LogP contribution >= 0.6 is 0 Å². The van der Waals surface area contributed by atoms with Crippen LogP contribution in [-0.4, -0.2) is 73.1 Å². The van der Waals surface area contributed by atoms with Crippen LogP contribution in [-0.2, 0) is 20.0 Å². The SMILES string of the molecule is Nc1nc2c(c(=O)[nH]1)N(C=O)C(CNc1ccc(C(=O)NC(CCC(=O)O)(C(=O)O)n3cc(F)c(=O)[nH]c3=O)cc1)CN2. The van der Waals surface area contributed by atoms with Crippen molar-refractivity contribution in [2.75, 3.05) is 34.4 Å². The number of nitrogen functional groups attached to an aromatic ring is 1. The molecule has 3 aromatic rings. The lowest BCUT2D eigenvalue weighted by molar-refractivity contribution is -0.150. The highest BCUT2D eigenvalue weighted by molar-refractivity contribution is 5.97.